The maximum atomic E-state index is 12.9. The van der Waals surface area contributed by atoms with E-state index in [4.69, 9.17) is 14.2 Å². The third-order valence-corrected chi connectivity index (χ3v) is 6.51. The summed E-state index contributed by atoms with van der Waals surface area (Å²) in [5.41, 5.74) is -0.843. The lowest BCUT2D eigenvalue weighted by atomic mass is 9.86. The molecule has 7 nitrogen and oxygen atoms in total. The Kier molecular flexibility index (Phi) is 9.79. The number of rotatable bonds is 12. The van der Waals surface area contributed by atoms with Gasteiger partial charge in [-0.2, -0.15) is 13.2 Å². The molecule has 10 heteroatoms. The number of aliphatic hydroxyl groups is 3. The molecule has 0 bridgehead atoms. The summed E-state index contributed by atoms with van der Waals surface area (Å²) in [6.45, 7) is 3.33. The van der Waals surface area contributed by atoms with Crippen molar-refractivity contribution in [1.82, 2.24) is 0 Å². The average molecular weight is 517 g/mol. The van der Waals surface area contributed by atoms with Crippen LogP contribution in [0.1, 0.15) is 51.5 Å². The molecule has 1 unspecified atom stereocenters. The van der Waals surface area contributed by atoms with E-state index < -0.39 is 42.3 Å². The van der Waals surface area contributed by atoms with Gasteiger partial charge in [0.1, 0.15) is 24.6 Å². The van der Waals surface area contributed by atoms with Crippen LogP contribution < -0.4 is 4.74 Å². The molecule has 1 heterocycles. The molecule has 0 radical (unpaired) electrons. The molecule has 2 fully saturated rings. The molecule has 1 aromatic rings. The third-order valence-electron chi connectivity index (χ3n) is 6.51. The Hall–Kier alpha value is -2.14. The number of alkyl halides is 3. The summed E-state index contributed by atoms with van der Waals surface area (Å²) in [5.74, 6) is -0.911. The van der Waals surface area contributed by atoms with Crippen LogP contribution in [-0.4, -0.2) is 64.5 Å². The van der Waals surface area contributed by atoms with Crippen molar-refractivity contribution >= 4 is 5.97 Å². The highest BCUT2D eigenvalue weighted by molar-refractivity contribution is 5.69. The molecule has 202 valence electrons. The molecule has 0 spiro atoms. The van der Waals surface area contributed by atoms with Gasteiger partial charge in [-0.1, -0.05) is 18.2 Å². The smallest absolute Gasteiger partial charge is 0.416 e. The van der Waals surface area contributed by atoms with E-state index in [-0.39, 0.29) is 42.7 Å². The van der Waals surface area contributed by atoms with Gasteiger partial charge in [-0.05, 0) is 63.6 Å². The summed E-state index contributed by atoms with van der Waals surface area (Å²) in [5, 5.41) is 31.4. The number of hydrogen-bond donors (Lipinski definition) is 3. The highest BCUT2D eigenvalue weighted by atomic mass is 19.4. The number of carbonyl (C=O) groups is 1. The second-order valence-corrected chi connectivity index (χ2v) is 9.72. The summed E-state index contributed by atoms with van der Waals surface area (Å²) in [4.78, 5) is 11.6. The van der Waals surface area contributed by atoms with Gasteiger partial charge >= 0.3 is 12.1 Å². The number of hydrogen-bond acceptors (Lipinski definition) is 7. The molecule has 0 aromatic heterocycles. The number of halogens is 3. The van der Waals surface area contributed by atoms with Gasteiger partial charge in [0.15, 0.2) is 0 Å². The Morgan fingerprint density at radius 1 is 1.22 bits per heavy atom. The average Bonchev–Trinajstić information content (AvgIpc) is 3.52. The Balaban J connectivity index is 1.46. The number of esters is 1. The zero-order chi connectivity index (χ0) is 26.5. The van der Waals surface area contributed by atoms with Crippen LogP contribution in [0.5, 0.6) is 5.75 Å². The second-order valence-electron chi connectivity index (χ2n) is 9.72. The first-order valence-electron chi connectivity index (χ1n) is 12.3. The fraction of sp³-hybridized carbons (Fsp3) is 0.654. The summed E-state index contributed by atoms with van der Waals surface area (Å²) in [7, 11) is 0. The van der Waals surface area contributed by atoms with Crippen molar-refractivity contribution in [2.24, 2.45) is 11.8 Å². The molecule has 2 aliphatic rings. The van der Waals surface area contributed by atoms with E-state index in [0.717, 1.165) is 12.1 Å². The largest absolute Gasteiger partial charge is 0.491 e. The number of carbonyl (C=O) groups excluding carboxylic acids is 1. The summed E-state index contributed by atoms with van der Waals surface area (Å²) in [6.07, 6.45) is -2.18. The van der Waals surface area contributed by atoms with Gasteiger partial charge in [0, 0.05) is 12.3 Å². The van der Waals surface area contributed by atoms with Gasteiger partial charge in [-0.3, -0.25) is 4.79 Å². The molecule has 3 N–H and O–H groups in total. The normalized spacial score (nSPS) is 29.0. The van der Waals surface area contributed by atoms with Gasteiger partial charge < -0.3 is 29.5 Å². The number of ether oxygens (including phenoxy) is 3. The van der Waals surface area contributed by atoms with E-state index in [1.54, 1.807) is 13.8 Å². The monoisotopic (exact) mass is 516 g/mol. The van der Waals surface area contributed by atoms with Crippen molar-refractivity contribution < 1.29 is 47.5 Å². The minimum atomic E-state index is -4.49. The predicted octanol–water partition coefficient (Wildman–Crippen LogP) is 3.64. The van der Waals surface area contributed by atoms with Crippen LogP contribution in [0, 0.1) is 11.8 Å². The third kappa shape index (κ3) is 7.93. The van der Waals surface area contributed by atoms with Crippen molar-refractivity contribution in [2.45, 2.75) is 88.8 Å². The fourth-order valence-electron chi connectivity index (χ4n) is 4.75. The highest BCUT2D eigenvalue weighted by Crippen LogP contribution is 2.46. The molecule has 1 aliphatic heterocycles. The lowest BCUT2D eigenvalue weighted by Gasteiger charge is -2.21. The van der Waals surface area contributed by atoms with Crippen molar-refractivity contribution in [3.8, 4) is 5.75 Å². The van der Waals surface area contributed by atoms with E-state index in [2.05, 4.69) is 0 Å². The zero-order valence-electron chi connectivity index (χ0n) is 20.4. The van der Waals surface area contributed by atoms with Crippen LogP contribution in [0.15, 0.2) is 36.4 Å². The number of aliphatic hydroxyl groups excluding tert-OH is 3. The minimum absolute atomic E-state index is 0.0159. The number of epoxide rings is 1. The molecule has 1 saturated carbocycles. The maximum absolute atomic E-state index is 12.9. The summed E-state index contributed by atoms with van der Waals surface area (Å²) >= 11 is 0. The first kappa shape index (κ1) is 28.4. The quantitative estimate of drug-likeness (QED) is 0.168. The Labute approximate surface area is 208 Å². The van der Waals surface area contributed by atoms with E-state index in [9.17, 15) is 33.3 Å². The lowest BCUT2D eigenvalue weighted by molar-refractivity contribution is -0.147. The van der Waals surface area contributed by atoms with Gasteiger partial charge in [0.2, 0.25) is 0 Å². The Morgan fingerprint density at radius 3 is 2.67 bits per heavy atom. The van der Waals surface area contributed by atoms with E-state index in [1.807, 2.05) is 12.2 Å². The van der Waals surface area contributed by atoms with E-state index in [0.29, 0.717) is 25.7 Å². The van der Waals surface area contributed by atoms with Crippen LogP contribution in [-0.2, 0) is 20.4 Å². The maximum Gasteiger partial charge on any atom is 0.416 e. The Morgan fingerprint density at radius 2 is 1.97 bits per heavy atom. The Bertz CT molecular complexity index is 889. The van der Waals surface area contributed by atoms with Crippen molar-refractivity contribution in [1.29, 1.82) is 0 Å². The van der Waals surface area contributed by atoms with Crippen molar-refractivity contribution in [2.75, 3.05) is 6.61 Å². The fourth-order valence-corrected chi connectivity index (χ4v) is 4.75. The number of allylic oxidation sites excluding steroid dienone is 2. The van der Waals surface area contributed by atoms with Gasteiger partial charge in [-0.15, -0.1) is 0 Å². The molecule has 3 rings (SSSR count). The molecule has 36 heavy (non-hydrogen) atoms. The highest BCUT2D eigenvalue weighted by Gasteiger charge is 2.57. The summed E-state index contributed by atoms with van der Waals surface area (Å²) < 4.78 is 54.7. The van der Waals surface area contributed by atoms with Crippen LogP contribution in [0.4, 0.5) is 13.2 Å². The first-order valence-corrected chi connectivity index (χ1v) is 12.3. The molecule has 0 amide bonds. The van der Waals surface area contributed by atoms with Crippen molar-refractivity contribution in [3.05, 3.63) is 42.0 Å². The molecule has 1 aromatic carbocycles. The lowest BCUT2D eigenvalue weighted by Crippen LogP contribution is -2.32. The number of benzene rings is 1. The summed E-state index contributed by atoms with van der Waals surface area (Å²) in [6, 6.07) is 4.41. The van der Waals surface area contributed by atoms with Crippen LogP contribution in [0.3, 0.4) is 0 Å². The second kappa shape index (κ2) is 12.4. The van der Waals surface area contributed by atoms with E-state index in [1.165, 1.54) is 12.1 Å². The van der Waals surface area contributed by atoms with Crippen LogP contribution in [0.2, 0.25) is 0 Å². The van der Waals surface area contributed by atoms with Gasteiger partial charge in [-0.25, -0.2) is 0 Å². The molecule has 1 saturated heterocycles. The predicted molar refractivity (Wildman–Crippen MR) is 124 cm³/mol. The van der Waals surface area contributed by atoms with Crippen LogP contribution >= 0.6 is 0 Å². The molecular formula is C26H35F3O7. The topological polar surface area (TPSA) is 109 Å². The number of unbranched alkanes of at least 4 members (excludes halogenated alkanes) is 1. The molecule has 7 atom stereocenters. The SMILES string of the molecule is CC(C)OC(=O)CCC/C=C\C[C@@H]1[C@@H]([C@H]2OC2[C@@H](O)COc2cccc(C(F)(F)F)c2)[C@H](O)C[C@@H]1O. The first-order chi connectivity index (χ1) is 17.0. The van der Waals surface area contributed by atoms with Gasteiger partial charge in [0.25, 0.3) is 0 Å². The van der Waals surface area contributed by atoms with Crippen LogP contribution in [0.25, 0.3) is 0 Å². The van der Waals surface area contributed by atoms with Crippen molar-refractivity contribution in [3.63, 3.8) is 0 Å². The molecule has 1 aliphatic carbocycles. The minimum Gasteiger partial charge on any atom is -0.491 e. The van der Waals surface area contributed by atoms with E-state index >= 15 is 0 Å². The standard InChI is InChI=1S/C26H35F3O7/c1-15(2)35-22(33)11-6-4-3-5-10-18-19(30)13-20(31)23(18)25-24(36-25)21(32)14-34-17-9-7-8-16(12-17)26(27,28)29/h3,5,7-9,12,15,18-21,23-25,30-32H,4,6,10-11,13-14H2,1-2H3/b5-3-/t18-,19-,20+,21-,23+,24?,25+/m0/s1. The molecular weight excluding hydrogens is 481 g/mol. The zero-order valence-corrected chi connectivity index (χ0v) is 20.4. The van der Waals surface area contributed by atoms with Gasteiger partial charge in [0.05, 0.1) is 30.0 Å².